The van der Waals surface area contributed by atoms with Gasteiger partial charge in [-0.2, -0.15) is 0 Å². The molecule has 1 aliphatic rings. The van der Waals surface area contributed by atoms with Gasteiger partial charge in [-0.15, -0.1) is 0 Å². The zero-order valence-electron chi connectivity index (χ0n) is 21.8. The maximum atomic E-state index is 13.2. The lowest BCUT2D eigenvalue weighted by Crippen LogP contribution is -2.31. The van der Waals surface area contributed by atoms with Gasteiger partial charge in [-0.05, 0) is 48.2 Å². The van der Waals surface area contributed by atoms with Crippen LogP contribution in [0, 0.1) is 0 Å². The van der Waals surface area contributed by atoms with Gasteiger partial charge >= 0.3 is 0 Å². The maximum Gasteiger partial charge on any atom is 0.295 e. The van der Waals surface area contributed by atoms with E-state index in [-0.39, 0.29) is 11.3 Å². The SMILES string of the molecule is CCCOc1cccc(/C(O)=C2\C(=O)C(=O)N(CCCOC)C2c2ccc(OCc3ccccc3)cc2)c1. The van der Waals surface area contributed by atoms with Crippen LogP contribution in [0.25, 0.3) is 5.76 Å². The Labute approximate surface area is 223 Å². The van der Waals surface area contributed by atoms with E-state index in [4.69, 9.17) is 14.2 Å². The molecule has 3 aromatic carbocycles. The van der Waals surface area contributed by atoms with Gasteiger partial charge in [-0.25, -0.2) is 0 Å². The van der Waals surface area contributed by atoms with E-state index in [1.165, 1.54) is 4.90 Å². The van der Waals surface area contributed by atoms with Crippen molar-refractivity contribution in [1.82, 2.24) is 4.90 Å². The van der Waals surface area contributed by atoms with Crippen LogP contribution >= 0.6 is 0 Å². The van der Waals surface area contributed by atoms with Gasteiger partial charge < -0.3 is 24.2 Å². The molecule has 0 aliphatic carbocycles. The lowest BCUT2D eigenvalue weighted by Gasteiger charge is -2.25. The van der Waals surface area contributed by atoms with Gasteiger partial charge in [0, 0.05) is 25.8 Å². The number of ether oxygens (including phenoxy) is 3. The summed E-state index contributed by atoms with van der Waals surface area (Å²) in [6, 6.07) is 23.3. The first-order valence-corrected chi connectivity index (χ1v) is 12.8. The number of aliphatic hydroxyl groups excluding tert-OH is 1. The minimum absolute atomic E-state index is 0.0537. The fourth-order valence-corrected chi connectivity index (χ4v) is 4.43. The molecule has 1 unspecified atom stereocenters. The second-order valence-electron chi connectivity index (χ2n) is 9.06. The Morgan fingerprint density at radius 2 is 1.66 bits per heavy atom. The van der Waals surface area contributed by atoms with Crippen molar-refractivity contribution in [2.75, 3.05) is 26.9 Å². The number of ketones is 1. The molecule has 7 heteroatoms. The maximum absolute atomic E-state index is 13.2. The van der Waals surface area contributed by atoms with E-state index >= 15 is 0 Å². The van der Waals surface area contributed by atoms with Crippen molar-refractivity contribution >= 4 is 17.4 Å². The second-order valence-corrected chi connectivity index (χ2v) is 9.06. The average Bonchev–Trinajstić information content (AvgIpc) is 3.21. The van der Waals surface area contributed by atoms with Gasteiger partial charge in [0.15, 0.2) is 0 Å². The van der Waals surface area contributed by atoms with Gasteiger partial charge in [-0.1, -0.05) is 61.5 Å². The van der Waals surface area contributed by atoms with E-state index in [1.54, 1.807) is 31.4 Å². The topological polar surface area (TPSA) is 85.3 Å². The molecular formula is C31H33NO6. The first-order valence-electron chi connectivity index (χ1n) is 12.8. The quantitative estimate of drug-likeness (QED) is 0.148. The summed E-state index contributed by atoms with van der Waals surface area (Å²) in [5, 5.41) is 11.3. The van der Waals surface area contributed by atoms with Crippen molar-refractivity contribution in [3.63, 3.8) is 0 Å². The van der Waals surface area contributed by atoms with Crippen LogP contribution in [0.1, 0.15) is 42.5 Å². The number of benzene rings is 3. The third kappa shape index (κ3) is 6.23. The molecule has 1 atom stereocenters. The van der Waals surface area contributed by atoms with Crippen molar-refractivity contribution < 1.29 is 28.9 Å². The normalized spacial score (nSPS) is 16.6. The molecule has 0 aromatic heterocycles. The van der Waals surface area contributed by atoms with Gasteiger partial charge in [-0.3, -0.25) is 9.59 Å². The molecule has 7 nitrogen and oxygen atoms in total. The monoisotopic (exact) mass is 515 g/mol. The summed E-state index contributed by atoms with van der Waals surface area (Å²) < 4.78 is 16.8. The number of rotatable bonds is 12. The number of methoxy groups -OCH3 is 1. The third-order valence-electron chi connectivity index (χ3n) is 6.31. The first kappa shape index (κ1) is 26.9. The Morgan fingerprint density at radius 3 is 2.37 bits per heavy atom. The Hall–Kier alpha value is -4.10. The molecule has 198 valence electrons. The van der Waals surface area contributed by atoms with Crippen LogP contribution < -0.4 is 9.47 Å². The van der Waals surface area contributed by atoms with Gasteiger partial charge in [0.1, 0.15) is 23.9 Å². The Kier molecular flexibility index (Phi) is 9.16. The molecule has 1 N–H and O–H groups in total. The Morgan fingerprint density at radius 1 is 0.895 bits per heavy atom. The number of likely N-dealkylation sites (tertiary alicyclic amines) is 1. The summed E-state index contributed by atoms with van der Waals surface area (Å²) in [5.41, 5.74) is 2.22. The fraction of sp³-hybridized carbons (Fsp3) is 0.290. The van der Waals surface area contributed by atoms with Gasteiger partial charge in [0.05, 0.1) is 18.2 Å². The number of nitrogens with zero attached hydrogens (tertiary/aromatic N) is 1. The minimum atomic E-state index is -0.741. The molecule has 0 bridgehead atoms. The largest absolute Gasteiger partial charge is 0.507 e. The Bertz CT molecular complexity index is 1270. The summed E-state index contributed by atoms with van der Waals surface area (Å²) in [4.78, 5) is 27.8. The number of carbonyl (C=O) groups excluding carboxylic acids is 2. The van der Waals surface area contributed by atoms with Crippen LogP contribution in [0.15, 0.2) is 84.4 Å². The highest BCUT2D eigenvalue weighted by Crippen LogP contribution is 2.40. The van der Waals surface area contributed by atoms with Gasteiger partial charge in [0.25, 0.3) is 11.7 Å². The molecule has 0 spiro atoms. The number of amides is 1. The molecule has 4 rings (SSSR count). The standard InChI is InChI=1S/C31H33NO6/c1-3-18-37-26-12-7-11-24(20-26)29(33)27-28(32(17-8-19-36-2)31(35)30(27)34)23-13-15-25(16-14-23)38-21-22-9-5-4-6-10-22/h4-7,9-16,20,28,33H,3,8,17-19,21H2,1-2H3/b29-27+. The average molecular weight is 516 g/mol. The summed E-state index contributed by atoms with van der Waals surface area (Å²) in [6.07, 6.45) is 1.40. The van der Waals surface area contributed by atoms with Crippen LogP contribution in [0.4, 0.5) is 0 Å². The van der Waals surface area contributed by atoms with E-state index in [0.717, 1.165) is 12.0 Å². The number of carbonyl (C=O) groups is 2. The molecule has 1 saturated heterocycles. The van der Waals surface area contributed by atoms with Crippen molar-refractivity contribution in [3.05, 3.63) is 101 Å². The lowest BCUT2D eigenvalue weighted by atomic mass is 9.95. The Balaban J connectivity index is 1.66. The predicted octanol–water partition coefficient (Wildman–Crippen LogP) is 5.51. The second kappa shape index (κ2) is 12.9. The van der Waals surface area contributed by atoms with E-state index in [9.17, 15) is 14.7 Å². The zero-order chi connectivity index (χ0) is 26.9. The summed E-state index contributed by atoms with van der Waals surface area (Å²) in [7, 11) is 1.59. The smallest absolute Gasteiger partial charge is 0.295 e. The molecule has 1 aliphatic heterocycles. The zero-order valence-corrected chi connectivity index (χ0v) is 21.8. The predicted molar refractivity (Wildman–Crippen MR) is 145 cm³/mol. The summed E-state index contributed by atoms with van der Waals surface area (Å²) in [6.45, 7) is 3.72. The molecule has 1 heterocycles. The van der Waals surface area contributed by atoms with Gasteiger partial charge in [0.2, 0.25) is 0 Å². The molecule has 0 radical (unpaired) electrons. The minimum Gasteiger partial charge on any atom is -0.507 e. The molecular weight excluding hydrogens is 482 g/mol. The van der Waals surface area contributed by atoms with Crippen molar-refractivity contribution in [2.24, 2.45) is 0 Å². The van der Waals surface area contributed by atoms with Crippen molar-refractivity contribution in [1.29, 1.82) is 0 Å². The molecule has 1 amide bonds. The highest BCUT2D eigenvalue weighted by molar-refractivity contribution is 6.46. The molecule has 1 fully saturated rings. The van der Waals surface area contributed by atoms with Crippen LogP contribution in [0.5, 0.6) is 11.5 Å². The number of hydrogen-bond acceptors (Lipinski definition) is 6. The highest BCUT2D eigenvalue weighted by atomic mass is 16.5. The van der Waals surface area contributed by atoms with E-state index in [0.29, 0.717) is 55.4 Å². The molecule has 3 aromatic rings. The van der Waals surface area contributed by atoms with Crippen LogP contribution in [0.3, 0.4) is 0 Å². The van der Waals surface area contributed by atoms with Crippen LogP contribution in [-0.2, 0) is 20.9 Å². The number of hydrogen-bond donors (Lipinski definition) is 1. The third-order valence-corrected chi connectivity index (χ3v) is 6.31. The highest BCUT2D eigenvalue weighted by Gasteiger charge is 2.45. The summed E-state index contributed by atoms with van der Waals surface area (Å²) in [5.74, 6) is -0.338. The fourth-order valence-electron chi connectivity index (χ4n) is 4.43. The lowest BCUT2D eigenvalue weighted by molar-refractivity contribution is -0.140. The van der Waals surface area contributed by atoms with Crippen molar-refractivity contribution in [2.45, 2.75) is 32.4 Å². The van der Waals surface area contributed by atoms with E-state index < -0.39 is 17.7 Å². The van der Waals surface area contributed by atoms with Crippen molar-refractivity contribution in [3.8, 4) is 11.5 Å². The van der Waals surface area contributed by atoms with E-state index in [1.807, 2.05) is 61.5 Å². The van der Waals surface area contributed by atoms with E-state index in [2.05, 4.69) is 0 Å². The molecule has 0 saturated carbocycles. The number of aliphatic hydroxyl groups is 1. The first-order chi connectivity index (χ1) is 18.5. The van der Waals surface area contributed by atoms with Crippen LogP contribution in [-0.4, -0.2) is 48.6 Å². The summed E-state index contributed by atoms with van der Waals surface area (Å²) >= 11 is 0. The molecule has 38 heavy (non-hydrogen) atoms. The van der Waals surface area contributed by atoms with Crippen LogP contribution in [0.2, 0.25) is 0 Å². The number of Topliss-reactive ketones (excluding diaryl/α,β-unsaturated/α-hetero) is 1.